The average molecular weight is 326 g/mol. The molecular weight excluding hydrogens is 311 g/mol. The minimum atomic E-state index is -0.426. The van der Waals surface area contributed by atoms with Crippen molar-refractivity contribution >= 4 is 16.7 Å². The van der Waals surface area contributed by atoms with E-state index in [1.54, 1.807) is 37.3 Å². The molecule has 3 rings (SSSR count). The summed E-state index contributed by atoms with van der Waals surface area (Å²) in [5, 5.41) is 10.0. The van der Waals surface area contributed by atoms with Crippen LogP contribution in [-0.2, 0) is 17.8 Å². The third-order valence-electron chi connectivity index (χ3n) is 3.71. The van der Waals surface area contributed by atoms with Gasteiger partial charge in [0.25, 0.3) is 5.56 Å². The number of nitrogens with one attached hydrogen (secondary N) is 2. The van der Waals surface area contributed by atoms with Crippen LogP contribution >= 0.6 is 0 Å². The lowest BCUT2D eigenvalue weighted by Gasteiger charge is -2.08. The first-order chi connectivity index (χ1) is 11.6. The zero-order valence-electron chi connectivity index (χ0n) is 13.0. The van der Waals surface area contributed by atoms with Crippen molar-refractivity contribution in [3.8, 4) is 0 Å². The fraction of sp³-hybridized carbons (Fsp3) is 0.176. The largest absolute Gasteiger partial charge is 0.350 e. The molecule has 0 saturated carbocycles. The van der Waals surface area contributed by atoms with Gasteiger partial charge in [-0.1, -0.05) is 18.2 Å². The molecule has 24 heavy (non-hydrogen) atoms. The van der Waals surface area contributed by atoms with Crippen LogP contribution in [-0.4, -0.2) is 21.1 Å². The SMILES string of the molecule is Cc1ccnc(CNC(=O)Cc2n[nH]c(=O)c3ccccc23)c1F. The van der Waals surface area contributed by atoms with Gasteiger partial charge in [-0.2, -0.15) is 5.10 Å². The monoisotopic (exact) mass is 326 g/mol. The highest BCUT2D eigenvalue weighted by Crippen LogP contribution is 2.13. The maximum atomic E-state index is 13.9. The molecule has 0 aliphatic heterocycles. The van der Waals surface area contributed by atoms with Crippen LogP contribution in [0.1, 0.15) is 17.0 Å². The zero-order chi connectivity index (χ0) is 17.1. The lowest BCUT2D eigenvalue weighted by Crippen LogP contribution is -2.26. The van der Waals surface area contributed by atoms with Crippen molar-refractivity contribution in [3.05, 3.63) is 69.7 Å². The summed E-state index contributed by atoms with van der Waals surface area (Å²) < 4.78 is 13.9. The second-order valence-corrected chi connectivity index (χ2v) is 5.39. The summed E-state index contributed by atoms with van der Waals surface area (Å²) in [4.78, 5) is 27.8. The molecule has 0 unspecified atom stereocenters. The summed E-state index contributed by atoms with van der Waals surface area (Å²) in [7, 11) is 0. The molecule has 0 aliphatic rings. The van der Waals surface area contributed by atoms with Crippen LogP contribution in [0.2, 0.25) is 0 Å². The number of nitrogens with zero attached hydrogens (tertiary/aromatic N) is 2. The van der Waals surface area contributed by atoms with E-state index in [0.717, 1.165) is 0 Å². The maximum Gasteiger partial charge on any atom is 0.272 e. The van der Waals surface area contributed by atoms with Crippen molar-refractivity contribution in [1.29, 1.82) is 0 Å². The van der Waals surface area contributed by atoms with Gasteiger partial charge in [-0.25, -0.2) is 9.49 Å². The summed E-state index contributed by atoms with van der Waals surface area (Å²) in [6, 6.07) is 8.49. The van der Waals surface area contributed by atoms with Gasteiger partial charge < -0.3 is 5.32 Å². The number of aromatic amines is 1. The van der Waals surface area contributed by atoms with Gasteiger partial charge in [-0.3, -0.25) is 14.6 Å². The number of aryl methyl sites for hydroxylation is 1. The standard InChI is InChI=1S/C17H15FN4O2/c1-10-6-7-19-14(16(10)18)9-20-15(23)8-13-11-4-2-3-5-12(11)17(24)22-21-13/h2-7H,8-9H2,1H3,(H,20,23)(H,22,24). The van der Waals surface area contributed by atoms with Gasteiger partial charge in [-0.05, 0) is 24.6 Å². The maximum absolute atomic E-state index is 13.9. The van der Waals surface area contributed by atoms with Gasteiger partial charge in [0, 0.05) is 11.6 Å². The summed E-state index contributed by atoms with van der Waals surface area (Å²) in [6.07, 6.45) is 1.47. The summed E-state index contributed by atoms with van der Waals surface area (Å²) >= 11 is 0. The first-order valence-corrected chi connectivity index (χ1v) is 7.39. The van der Waals surface area contributed by atoms with Gasteiger partial charge in [-0.15, -0.1) is 0 Å². The van der Waals surface area contributed by atoms with E-state index in [0.29, 0.717) is 22.0 Å². The van der Waals surface area contributed by atoms with E-state index in [2.05, 4.69) is 20.5 Å². The van der Waals surface area contributed by atoms with E-state index in [1.807, 2.05) is 0 Å². The zero-order valence-corrected chi connectivity index (χ0v) is 13.0. The molecule has 1 amide bonds. The number of rotatable bonds is 4. The van der Waals surface area contributed by atoms with E-state index in [-0.39, 0.29) is 30.1 Å². The minimum absolute atomic E-state index is 0.00632. The molecule has 0 bridgehead atoms. The number of aromatic nitrogens is 3. The molecular formula is C17H15FN4O2. The number of carbonyl (C=O) groups is 1. The van der Waals surface area contributed by atoms with Gasteiger partial charge >= 0.3 is 0 Å². The molecule has 6 nitrogen and oxygen atoms in total. The Bertz CT molecular complexity index is 968. The van der Waals surface area contributed by atoms with Crippen molar-refractivity contribution in [2.24, 2.45) is 0 Å². The highest BCUT2D eigenvalue weighted by Gasteiger charge is 2.12. The van der Waals surface area contributed by atoms with Gasteiger partial charge in [0.2, 0.25) is 5.91 Å². The second-order valence-electron chi connectivity index (χ2n) is 5.39. The van der Waals surface area contributed by atoms with Crippen LogP contribution in [0.25, 0.3) is 10.8 Å². The van der Waals surface area contributed by atoms with Crippen molar-refractivity contribution in [1.82, 2.24) is 20.5 Å². The second kappa shape index (κ2) is 6.57. The number of carbonyl (C=O) groups excluding carboxylic acids is 1. The Morgan fingerprint density at radius 2 is 1.96 bits per heavy atom. The topological polar surface area (TPSA) is 87.7 Å². The van der Waals surface area contributed by atoms with Crippen LogP contribution in [0.15, 0.2) is 41.3 Å². The normalized spacial score (nSPS) is 10.8. The van der Waals surface area contributed by atoms with E-state index < -0.39 is 5.82 Å². The van der Waals surface area contributed by atoms with Crippen molar-refractivity contribution in [2.45, 2.75) is 19.9 Å². The molecule has 0 atom stereocenters. The molecule has 0 fully saturated rings. The minimum Gasteiger partial charge on any atom is -0.350 e. The Morgan fingerprint density at radius 3 is 2.75 bits per heavy atom. The predicted molar refractivity (Wildman–Crippen MR) is 86.8 cm³/mol. The molecule has 122 valence electrons. The van der Waals surface area contributed by atoms with Gasteiger partial charge in [0.05, 0.1) is 29.7 Å². The number of halogens is 1. The Labute approximate surface area is 136 Å². The molecule has 2 aromatic heterocycles. The Balaban J connectivity index is 1.75. The highest BCUT2D eigenvalue weighted by atomic mass is 19.1. The van der Waals surface area contributed by atoms with Crippen LogP contribution < -0.4 is 10.9 Å². The van der Waals surface area contributed by atoms with Gasteiger partial charge in [0.1, 0.15) is 5.82 Å². The molecule has 3 aromatic rings. The first kappa shape index (κ1) is 15.8. The van der Waals surface area contributed by atoms with E-state index in [4.69, 9.17) is 0 Å². The van der Waals surface area contributed by atoms with E-state index in [1.165, 1.54) is 6.20 Å². The summed E-state index contributed by atoms with van der Waals surface area (Å²) in [5.74, 6) is -0.757. The Morgan fingerprint density at radius 1 is 1.21 bits per heavy atom. The summed E-state index contributed by atoms with van der Waals surface area (Å²) in [6.45, 7) is 1.63. The van der Waals surface area contributed by atoms with Crippen molar-refractivity contribution in [2.75, 3.05) is 0 Å². The Hall–Kier alpha value is -3.09. The van der Waals surface area contributed by atoms with Crippen molar-refractivity contribution in [3.63, 3.8) is 0 Å². The third-order valence-corrected chi connectivity index (χ3v) is 3.71. The van der Waals surface area contributed by atoms with Crippen LogP contribution in [0.5, 0.6) is 0 Å². The van der Waals surface area contributed by atoms with Crippen LogP contribution in [0.3, 0.4) is 0 Å². The molecule has 0 spiro atoms. The number of pyridine rings is 1. The fourth-order valence-electron chi connectivity index (χ4n) is 2.42. The number of hydrogen-bond donors (Lipinski definition) is 2. The quantitative estimate of drug-likeness (QED) is 0.763. The molecule has 2 N–H and O–H groups in total. The van der Waals surface area contributed by atoms with E-state index in [9.17, 15) is 14.0 Å². The molecule has 7 heteroatoms. The first-order valence-electron chi connectivity index (χ1n) is 7.39. The number of fused-ring (bicyclic) bond motifs is 1. The smallest absolute Gasteiger partial charge is 0.272 e. The third kappa shape index (κ3) is 3.15. The van der Waals surface area contributed by atoms with Crippen LogP contribution in [0, 0.1) is 12.7 Å². The number of hydrogen-bond acceptors (Lipinski definition) is 4. The predicted octanol–water partition coefficient (Wildman–Crippen LogP) is 1.62. The lowest BCUT2D eigenvalue weighted by molar-refractivity contribution is -0.120. The Kier molecular flexibility index (Phi) is 4.33. The number of benzene rings is 1. The van der Waals surface area contributed by atoms with Gasteiger partial charge in [0.15, 0.2) is 0 Å². The highest BCUT2D eigenvalue weighted by molar-refractivity contribution is 5.88. The van der Waals surface area contributed by atoms with E-state index >= 15 is 0 Å². The number of H-pyrrole nitrogens is 1. The summed E-state index contributed by atoms with van der Waals surface area (Å²) in [5.41, 5.74) is 0.811. The fourth-order valence-corrected chi connectivity index (χ4v) is 2.42. The molecule has 1 aromatic carbocycles. The molecule has 0 radical (unpaired) electrons. The molecule has 2 heterocycles. The van der Waals surface area contributed by atoms with Crippen molar-refractivity contribution < 1.29 is 9.18 Å². The average Bonchev–Trinajstić information content (AvgIpc) is 2.59. The molecule has 0 aliphatic carbocycles. The molecule has 0 saturated heterocycles. The lowest BCUT2D eigenvalue weighted by atomic mass is 10.1. The van der Waals surface area contributed by atoms with Crippen LogP contribution in [0.4, 0.5) is 4.39 Å². The number of amides is 1.